The normalized spacial score (nSPS) is 17.2. The van der Waals surface area contributed by atoms with Gasteiger partial charge >= 0.3 is 0 Å². The number of thiophene rings is 1. The molecule has 1 unspecified atom stereocenters. The van der Waals surface area contributed by atoms with Crippen molar-refractivity contribution in [3.63, 3.8) is 0 Å². The Morgan fingerprint density at radius 2 is 2.45 bits per heavy atom. The van der Waals surface area contributed by atoms with Crippen LogP contribution in [0.5, 0.6) is 0 Å². The molecule has 0 aromatic carbocycles. The van der Waals surface area contributed by atoms with E-state index >= 15 is 0 Å². The van der Waals surface area contributed by atoms with Crippen LogP contribution < -0.4 is 10.6 Å². The Hall–Kier alpha value is -1.37. The van der Waals surface area contributed by atoms with Crippen molar-refractivity contribution in [2.45, 2.75) is 25.8 Å². The summed E-state index contributed by atoms with van der Waals surface area (Å²) >= 11 is 1.59. The minimum atomic E-state index is 0. The first-order valence-electron chi connectivity index (χ1n) is 7.27. The highest BCUT2D eigenvalue weighted by molar-refractivity contribution is 7.13. The Morgan fingerprint density at radius 3 is 3.18 bits per heavy atom. The lowest BCUT2D eigenvalue weighted by Crippen LogP contribution is -2.23. The van der Waals surface area contributed by atoms with Gasteiger partial charge in [0.15, 0.2) is 0 Å². The molecule has 2 N–H and O–H groups in total. The first-order chi connectivity index (χ1) is 10.3. The summed E-state index contributed by atoms with van der Waals surface area (Å²) in [7, 11) is 0. The molecule has 1 fully saturated rings. The van der Waals surface area contributed by atoms with Crippen LogP contribution in [0.15, 0.2) is 28.2 Å². The van der Waals surface area contributed by atoms with Crippen molar-refractivity contribution in [1.82, 2.24) is 15.6 Å². The van der Waals surface area contributed by atoms with Crippen LogP contribution in [0.2, 0.25) is 0 Å². The van der Waals surface area contributed by atoms with Gasteiger partial charge in [-0.25, -0.2) is 4.98 Å². The monoisotopic (exact) mass is 341 g/mol. The smallest absolute Gasteiger partial charge is 0.236 e. The lowest BCUT2D eigenvalue weighted by atomic mass is 10.0. The lowest BCUT2D eigenvalue weighted by Gasteiger charge is -2.07. The topological polar surface area (TPSA) is 67.2 Å². The summed E-state index contributed by atoms with van der Waals surface area (Å²) in [6, 6.07) is 3.93. The number of nitrogens with one attached hydrogen (secondary N) is 2. The number of hydrogen-bond acceptors (Lipinski definition) is 5. The van der Waals surface area contributed by atoms with E-state index in [0.717, 1.165) is 30.1 Å². The molecule has 0 spiro atoms. The second-order valence-corrected chi connectivity index (χ2v) is 6.24. The number of carbonyl (C=O) groups is 1. The van der Waals surface area contributed by atoms with Gasteiger partial charge in [-0.05, 0) is 43.3 Å². The fourth-order valence-corrected chi connectivity index (χ4v) is 3.13. The molecule has 2 aromatic rings. The van der Waals surface area contributed by atoms with Gasteiger partial charge in [0.05, 0.1) is 17.1 Å². The van der Waals surface area contributed by atoms with E-state index in [1.54, 1.807) is 17.6 Å². The number of rotatable bonds is 6. The second kappa shape index (κ2) is 8.31. The molecule has 0 aliphatic carbocycles. The number of amides is 1. The van der Waals surface area contributed by atoms with Crippen molar-refractivity contribution >= 4 is 29.7 Å². The van der Waals surface area contributed by atoms with Gasteiger partial charge in [-0.2, -0.15) is 0 Å². The third kappa shape index (κ3) is 4.56. The SMILES string of the molecule is Cl.O=C(CCC1CCNC1)NCc1coc(-c2cccs2)n1. The lowest BCUT2D eigenvalue weighted by molar-refractivity contribution is -0.121. The van der Waals surface area contributed by atoms with Crippen LogP contribution in [-0.2, 0) is 11.3 Å². The number of halogens is 1. The largest absolute Gasteiger partial charge is 0.443 e. The first-order valence-corrected chi connectivity index (χ1v) is 8.15. The van der Waals surface area contributed by atoms with Gasteiger partial charge in [0.25, 0.3) is 0 Å². The average molecular weight is 342 g/mol. The third-order valence-electron chi connectivity index (χ3n) is 3.69. The average Bonchev–Trinajstić information content (AvgIpc) is 3.24. The summed E-state index contributed by atoms with van der Waals surface area (Å²) in [5, 5.41) is 8.20. The van der Waals surface area contributed by atoms with Gasteiger partial charge in [0, 0.05) is 6.42 Å². The van der Waals surface area contributed by atoms with Crippen LogP contribution in [0.25, 0.3) is 10.8 Å². The summed E-state index contributed by atoms with van der Waals surface area (Å²) in [6.45, 7) is 2.55. The molecule has 3 rings (SSSR count). The molecule has 2 aromatic heterocycles. The van der Waals surface area contributed by atoms with Crippen molar-refractivity contribution in [3.05, 3.63) is 29.5 Å². The Labute approximate surface area is 139 Å². The number of carbonyl (C=O) groups excluding carboxylic acids is 1. The molecule has 5 nitrogen and oxygen atoms in total. The number of hydrogen-bond donors (Lipinski definition) is 2. The molecule has 1 aliphatic rings. The highest BCUT2D eigenvalue weighted by Crippen LogP contribution is 2.23. The van der Waals surface area contributed by atoms with Crippen LogP contribution >= 0.6 is 23.7 Å². The summed E-state index contributed by atoms with van der Waals surface area (Å²) in [5.41, 5.74) is 0.759. The van der Waals surface area contributed by atoms with E-state index in [9.17, 15) is 4.79 Å². The molecule has 0 bridgehead atoms. The van der Waals surface area contributed by atoms with Crippen molar-refractivity contribution in [1.29, 1.82) is 0 Å². The van der Waals surface area contributed by atoms with Gasteiger partial charge in [-0.1, -0.05) is 6.07 Å². The molecule has 1 amide bonds. The molecule has 1 saturated heterocycles. The molecular weight excluding hydrogens is 322 g/mol. The van der Waals surface area contributed by atoms with Crippen LogP contribution in [0.4, 0.5) is 0 Å². The molecule has 120 valence electrons. The molecule has 7 heteroatoms. The van der Waals surface area contributed by atoms with E-state index in [-0.39, 0.29) is 18.3 Å². The zero-order chi connectivity index (χ0) is 14.5. The fourth-order valence-electron chi connectivity index (χ4n) is 2.48. The Morgan fingerprint density at radius 1 is 1.55 bits per heavy atom. The predicted octanol–water partition coefficient (Wildman–Crippen LogP) is 2.83. The molecule has 1 atom stereocenters. The van der Waals surface area contributed by atoms with Crippen LogP contribution in [0, 0.1) is 5.92 Å². The van der Waals surface area contributed by atoms with Crippen LogP contribution in [0.3, 0.4) is 0 Å². The summed E-state index contributed by atoms with van der Waals surface area (Å²) < 4.78 is 5.42. The predicted molar refractivity (Wildman–Crippen MR) is 89.1 cm³/mol. The standard InChI is InChI=1S/C15H19N3O2S.ClH/c19-14(4-3-11-5-6-16-8-11)17-9-12-10-20-15(18-12)13-2-1-7-21-13;/h1-2,7,10-11,16H,3-6,8-9H2,(H,17,19);1H. The van der Waals surface area contributed by atoms with Gasteiger partial charge in [0.1, 0.15) is 6.26 Å². The van der Waals surface area contributed by atoms with Crippen molar-refractivity contribution in [2.75, 3.05) is 13.1 Å². The first kappa shape index (κ1) is 17.0. The minimum Gasteiger partial charge on any atom is -0.443 e. The van der Waals surface area contributed by atoms with Crippen molar-refractivity contribution < 1.29 is 9.21 Å². The summed E-state index contributed by atoms with van der Waals surface area (Å²) in [5.74, 6) is 1.35. The highest BCUT2D eigenvalue weighted by Gasteiger charge is 2.15. The van der Waals surface area contributed by atoms with Crippen LogP contribution in [0.1, 0.15) is 25.0 Å². The maximum absolute atomic E-state index is 11.8. The number of oxazole rings is 1. The zero-order valence-electron chi connectivity index (χ0n) is 12.2. The van der Waals surface area contributed by atoms with Gasteiger partial charge in [-0.15, -0.1) is 23.7 Å². The zero-order valence-corrected chi connectivity index (χ0v) is 13.8. The highest BCUT2D eigenvalue weighted by atomic mass is 35.5. The van der Waals surface area contributed by atoms with Gasteiger partial charge < -0.3 is 15.1 Å². The second-order valence-electron chi connectivity index (χ2n) is 5.30. The summed E-state index contributed by atoms with van der Waals surface area (Å²) in [6.07, 6.45) is 4.33. The quantitative estimate of drug-likeness (QED) is 0.847. The van der Waals surface area contributed by atoms with E-state index in [0.29, 0.717) is 24.8 Å². The van der Waals surface area contributed by atoms with E-state index in [1.807, 2.05) is 17.5 Å². The maximum Gasteiger partial charge on any atom is 0.236 e. The number of nitrogens with zero attached hydrogens (tertiary/aromatic N) is 1. The van der Waals surface area contributed by atoms with E-state index in [4.69, 9.17) is 4.42 Å². The summed E-state index contributed by atoms with van der Waals surface area (Å²) in [4.78, 5) is 17.2. The molecule has 0 radical (unpaired) electrons. The van der Waals surface area contributed by atoms with Gasteiger partial charge in [-0.3, -0.25) is 4.79 Å². The van der Waals surface area contributed by atoms with E-state index < -0.39 is 0 Å². The molecular formula is C15H20ClN3O2S. The van der Waals surface area contributed by atoms with E-state index in [1.165, 1.54) is 6.42 Å². The van der Waals surface area contributed by atoms with E-state index in [2.05, 4.69) is 15.6 Å². The minimum absolute atomic E-state index is 0. The molecule has 22 heavy (non-hydrogen) atoms. The maximum atomic E-state index is 11.8. The Balaban J connectivity index is 0.00000176. The van der Waals surface area contributed by atoms with Gasteiger partial charge in [0.2, 0.25) is 11.8 Å². The number of aromatic nitrogens is 1. The Bertz CT molecular complexity index is 579. The third-order valence-corrected chi connectivity index (χ3v) is 4.55. The van der Waals surface area contributed by atoms with Crippen molar-refractivity contribution in [2.24, 2.45) is 5.92 Å². The fraction of sp³-hybridized carbons (Fsp3) is 0.467. The molecule has 3 heterocycles. The Kier molecular flexibility index (Phi) is 6.42. The van der Waals surface area contributed by atoms with Crippen molar-refractivity contribution in [3.8, 4) is 10.8 Å². The molecule has 1 aliphatic heterocycles. The molecule has 0 saturated carbocycles. The van der Waals surface area contributed by atoms with Crippen LogP contribution in [-0.4, -0.2) is 24.0 Å².